The molecule has 3 atom stereocenters. The fourth-order valence-electron chi connectivity index (χ4n) is 1.98. The van der Waals surface area contributed by atoms with Crippen molar-refractivity contribution in [3.8, 4) is 0 Å². The first kappa shape index (κ1) is 13.8. The van der Waals surface area contributed by atoms with Crippen molar-refractivity contribution in [3.63, 3.8) is 0 Å². The number of rotatable bonds is 2. The molecule has 2 amide bonds. The number of hydrogen-bond acceptors (Lipinski definition) is 4. The van der Waals surface area contributed by atoms with Gasteiger partial charge >= 0.3 is 6.03 Å². The van der Waals surface area contributed by atoms with Crippen LogP contribution < -0.4 is 5.32 Å². The van der Waals surface area contributed by atoms with Crippen molar-refractivity contribution < 1.29 is 20.1 Å². The van der Waals surface area contributed by atoms with Crippen LogP contribution >= 0.6 is 0 Å². The number of urea groups is 1. The van der Waals surface area contributed by atoms with E-state index in [0.717, 1.165) is 5.56 Å². The zero-order chi connectivity index (χ0) is 14.0. The molecule has 19 heavy (non-hydrogen) atoms. The van der Waals surface area contributed by atoms with Gasteiger partial charge < -0.3 is 25.5 Å². The number of benzene rings is 1. The van der Waals surface area contributed by atoms with Gasteiger partial charge in [0, 0.05) is 5.69 Å². The number of anilines is 1. The predicted molar refractivity (Wildman–Crippen MR) is 69.7 cm³/mol. The van der Waals surface area contributed by atoms with Gasteiger partial charge in [-0.25, -0.2) is 4.79 Å². The molecule has 1 aliphatic heterocycles. The van der Waals surface area contributed by atoms with Crippen LogP contribution in [-0.2, 0) is 0 Å². The number of amides is 2. The second-order valence-corrected chi connectivity index (χ2v) is 4.77. The van der Waals surface area contributed by atoms with E-state index in [9.17, 15) is 20.1 Å². The van der Waals surface area contributed by atoms with E-state index in [-0.39, 0.29) is 19.1 Å². The predicted octanol–water partition coefficient (Wildman–Crippen LogP) is 0.309. The SMILES string of the molecule is CC(O)c1ccc(NC(=O)N2CC(O)C(O)C2)cc1. The molecule has 4 N–H and O–H groups in total. The topological polar surface area (TPSA) is 93.0 Å². The van der Waals surface area contributed by atoms with E-state index in [2.05, 4.69) is 5.32 Å². The van der Waals surface area contributed by atoms with Gasteiger partial charge in [-0.3, -0.25) is 0 Å². The molecule has 0 aliphatic carbocycles. The Morgan fingerprint density at radius 2 is 1.79 bits per heavy atom. The standard InChI is InChI=1S/C13H18N2O4/c1-8(16)9-2-4-10(5-3-9)14-13(19)15-6-11(17)12(18)7-15/h2-5,8,11-12,16-18H,6-7H2,1H3,(H,14,19). The molecule has 1 aromatic rings. The number of carbonyl (C=O) groups is 1. The lowest BCUT2D eigenvalue weighted by atomic mass is 10.1. The summed E-state index contributed by atoms with van der Waals surface area (Å²) >= 11 is 0. The Morgan fingerprint density at radius 1 is 1.26 bits per heavy atom. The van der Waals surface area contributed by atoms with E-state index < -0.39 is 18.3 Å². The minimum atomic E-state index is -0.886. The third-order valence-corrected chi connectivity index (χ3v) is 3.19. The van der Waals surface area contributed by atoms with Crippen LogP contribution in [0.15, 0.2) is 24.3 Å². The minimum Gasteiger partial charge on any atom is -0.389 e. The summed E-state index contributed by atoms with van der Waals surface area (Å²) in [6.07, 6.45) is -2.32. The van der Waals surface area contributed by atoms with Gasteiger partial charge in [0.15, 0.2) is 0 Å². The van der Waals surface area contributed by atoms with Crippen LogP contribution in [-0.4, -0.2) is 51.5 Å². The monoisotopic (exact) mass is 266 g/mol. The maximum atomic E-state index is 11.9. The molecule has 3 unspecified atom stereocenters. The number of carbonyl (C=O) groups excluding carboxylic acids is 1. The molecular formula is C13H18N2O4. The van der Waals surface area contributed by atoms with Crippen molar-refractivity contribution in [3.05, 3.63) is 29.8 Å². The van der Waals surface area contributed by atoms with Crippen LogP contribution in [0.2, 0.25) is 0 Å². The van der Waals surface area contributed by atoms with E-state index in [0.29, 0.717) is 5.69 Å². The fraction of sp³-hybridized carbons (Fsp3) is 0.462. The smallest absolute Gasteiger partial charge is 0.322 e. The molecular weight excluding hydrogens is 248 g/mol. The molecule has 6 heteroatoms. The highest BCUT2D eigenvalue weighted by Crippen LogP contribution is 2.17. The number of nitrogens with one attached hydrogen (secondary N) is 1. The highest BCUT2D eigenvalue weighted by molar-refractivity contribution is 5.89. The fourth-order valence-corrected chi connectivity index (χ4v) is 1.98. The van der Waals surface area contributed by atoms with Gasteiger partial charge in [0.2, 0.25) is 0 Å². The molecule has 1 heterocycles. The summed E-state index contributed by atoms with van der Waals surface area (Å²) in [5, 5.41) is 30.8. The maximum absolute atomic E-state index is 11.9. The van der Waals surface area contributed by atoms with Gasteiger partial charge in [0.1, 0.15) is 0 Å². The Hall–Kier alpha value is -1.63. The molecule has 1 aliphatic rings. The number of likely N-dealkylation sites (tertiary alicyclic amines) is 1. The molecule has 6 nitrogen and oxygen atoms in total. The van der Waals surface area contributed by atoms with E-state index in [1.165, 1.54) is 4.90 Å². The second kappa shape index (κ2) is 5.56. The van der Waals surface area contributed by atoms with Crippen LogP contribution in [0.5, 0.6) is 0 Å². The van der Waals surface area contributed by atoms with Gasteiger partial charge in [-0.15, -0.1) is 0 Å². The second-order valence-electron chi connectivity index (χ2n) is 4.77. The molecule has 0 saturated carbocycles. The number of aliphatic hydroxyl groups excluding tert-OH is 3. The summed E-state index contributed by atoms with van der Waals surface area (Å²) in [6, 6.07) is 6.49. The summed E-state index contributed by atoms with van der Waals surface area (Å²) < 4.78 is 0. The average molecular weight is 266 g/mol. The Balaban J connectivity index is 1.96. The van der Waals surface area contributed by atoms with Crippen LogP contribution in [0.4, 0.5) is 10.5 Å². The number of nitrogens with zero attached hydrogens (tertiary/aromatic N) is 1. The van der Waals surface area contributed by atoms with Crippen molar-refractivity contribution in [2.75, 3.05) is 18.4 Å². The first-order valence-electron chi connectivity index (χ1n) is 6.17. The van der Waals surface area contributed by atoms with Crippen molar-refractivity contribution >= 4 is 11.7 Å². The van der Waals surface area contributed by atoms with Crippen molar-refractivity contribution in [2.45, 2.75) is 25.2 Å². The first-order chi connectivity index (χ1) is 8.97. The highest BCUT2D eigenvalue weighted by atomic mass is 16.3. The Morgan fingerprint density at radius 3 is 2.26 bits per heavy atom. The Bertz CT molecular complexity index is 436. The molecule has 0 radical (unpaired) electrons. The zero-order valence-electron chi connectivity index (χ0n) is 10.7. The van der Waals surface area contributed by atoms with Gasteiger partial charge in [-0.2, -0.15) is 0 Å². The summed E-state index contributed by atoms with van der Waals surface area (Å²) in [7, 11) is 0. The molecule has 1 aromatic carbocycles. The number of aliphatic hydroxyl groups is 3. The average Bonchev–Trinajstić information content (AvgIpc) is 2.70. The molecule has 1 fully saturated rings. The minimum absolute atomic E-state index is 0.124. The molecule has 0 spiro atoms. The lowest BCUT2D eigenvalue weighted by molar-refractivity contribution is 0.0572. The van der Waals surface area contributed by atoms with Crippen LogP contribution in [0.25, 0.3) is 0 Å². The Labute approximate surface area is 111 Å². The van der Waals surface area contributed by atoms with Crippen LogP contribution in [0.3, 0.4) is 0 Å². The summed E-state index contributed by atoms with van der Waals surface area (Å²) in [4.78, 5) is 13.2. The lowest BCUT2D eigenvalue weighted by Gasteiger charge is -2.16. The lowest BCUT2D eigenvalue weighted by Crippen LogP contribution is -2.33. The largest absolute Gasteiger partial charge is 0.389 e. The van der Waals surface area contributed by atoms with E-state index in [4.69, 9.17) is 0 Å². The molecule has 0 bridgehead atoms. The molecule has 0 aromatic heterocycles. The van der Waals surface area contributed by atoms with Gasteiger partial charge in [0.25, 0.3) is 0 Å². The van der Waals surface area contributed by atoms with Gasteiger partial charge in [0.05, 0.1) is 31.4 Å². The van der Waals surface area contributed by atoms with Gasteiger partial charge in [-0.1, -0.05) is 12.1 Å². The third kappa shape index (κ3) is 3.23. The maximum Gasteiger partial charge on any atom is 0.322 e. The normalized spacial score (nSPS) is 24.3. The zero-order valence-corrected chi connectivity index (χ0v) is 10.7. The van der Waals surface area contributed by atoms with E-state index in [1.54, 1.807) is 31.2 Å². The number of hydrogen-bond donors (Lipinski definition) is 4. The molecule has 2 rings (SSSR count). The third-order valence-electron chi connectivity index (χ3n) is 3.19. The van der Waals surface area contributed by atoms with E-state index in [1.807, 2.05) is 0 Å². The van der Waals surface area contributed by atoms with Crippen molar-refractivity contribution in [1.29, 1.82) is 0 Å². The number of β-amino-alcohol motifs (C(OH)–C–C–N with tert-alkyl or cyclic N) is 2. The van der Waals surface area contributed by atoms with E-state index >= 15 is 0 Å². The van der Waals surface area contributed by atoms with Crippen molar-refractivity contribution in [1.82, 2.24) is 4.90 Å². The van der Waals surface area contributed by atoms with Crippen molar-refractivity contribution in [2.24, 2.45) is 0 Å². The van der Waals surface area contributed by atoms with Gasteiger partial charge in [-0.05, 0) is 24.6 Å². The highest BCUT2D eigenvalue weighted by Gasteiger charge is 2.32. The quantitative estimate of drug-likeness (QED) is 0.620. The molecule has 1 saturated heterocycles. The van der Waals surface area contributed by atoms with Crippen LogP contribution in [0, 0.1) is 0 Å². The Kier molecular flexibility index (Phi) is 4.04. The summed E-state index contributed by atoms with van der Waals surface area (Å²) in [5.41, 5.74) is 1.37. The summed E-state index contributed by atoms with van der Waals surface area (Å²) in [6.45, 7) is 1.91. The first-order valence-corrected chi connectivity index (χ1v) is 6.17. The summed E-state index contributed by atoms with van der Waals surface area (Å²) in [5.74, 6) is 0. The van der Waals surface area contributed by atoms with Crippen LogP contribution in [0.1, 0.15) is 18.6 Å². The molecule has 104 valence electrons.